The molecule has 0 aliphatic heterocycles. The molecule has 0 saturated heterocycles. The van der Waals surface area contributed by atoms with E-state index in [0.717, 1.165) is 25.7 Å². The molecule has 0 aromatic heterocycles. The van der Waals surface area contributed by atoms with E-state index in [9.17, 15) is 4.79 Å². The van der Waals surface area contributed by atoms with Crippen molar-refractivity contribution in [1.29, 1.82) is 0 Å². The van der Waals surface area contributed by atoms with Gasteiger partial charge in [0.2, 0.25) is 0 Å². The minimum atomic E-state index is -0.164. The zero-order chi connectivity index (χ0) is 14.3. The average Bonchev–Trinajstić information content (AvgIpc) is 2.68. The zero-order valence-corrected chi connectivity index (χ0v) is 12.9. The van der Waals surface area contributed by atoms with E-state index in [-0.39, 0.29) is 17.5 Å². The van der Waals surface area contributed by atoms with Crippen LogP contribution in [0.15, 0.2) is 12.2 Å². The Bertz CT molecular complexity index is 383. The van der Waals surface area contributed by atoms with E-state index in [2.05, 4.69) is 34.3 Å². The summed E-state index contributed by atoms with van der Waals surface area (Å²) in [5.74, 6) is 0.544. The van der Waals surface area contributed by atoms with Crippen molar-refractivity contribution in [3.05, 3.63) is 12.2 Å². The Morgan fingerprint density at radius 3 is 2.53 bits per heavy atom. The molecule has 0 aromatic rings. The second-order valence-corrected chi connectivity index (χ2v) is 7.21. The third kappa shape index (κ3) is 2.23. The van der Waals surface area contributed by atoms with Crippen molar-refractivity contribution in [1.82, 2.24) is 0 Å². The molecule has 3 atom stereocenters. The molecule has 0 radical (unpaired) electrons. The molecule has 108 valence electrons. The average molecular weight is 264 g/mol. The molecule has 2 aliphatic carbocycles. The van der Waals surface area contributed by atoms with Crippen molar-refractivity contribution < 1.29 is 9.53 Å². The van der Waals surface area contributed by atoms with Crippen LogP contribution in [0.2, 0.25) is 0 Å². The van der Waals surface area contributed by atoms with Crippen LogP contribution >= 0.6 is 0 Å². The third-order valence-corrected chi connectivity index (χ3v) is 6.08. The quantitative estimate of drug-likeness (QED) is 0.540. The molecule has 2 aliphatic rings. The standard InChI is InChI=1S/C17H28O2/c1-6-7-8-12(2)15(18)19-14-11-13-9-10-17(14,5)16(13,3)4/h13-14H,2,6-11H2,1,3-5H3/t13-,14?,17-/m1/s1. The first-order valence-electron chi connectivity index (χ1n) is 7.71. The van der Waals surface area contributed by atoms with Crippen molar-refractivity contribution in [2.24, 2.45) is 16.7 Å². The fourth-order valence-electron chi connectivity index (χ4n) is 4.01. The van der Waals surface area contributed by atoms with Gasteiger partial charge in [-0.1, -0.05) is 40.7 Å². The van der Waals surface area contributed by atoms with Gasteiger partial charge in [-0.05, 0) is 43.4 Å². The summed E-state index contributed by atoms with van der Waals surface area (Å²) in [6.07, 6.45) is 6.47. The van der Waals surface area contributed by atoms with Crippen LogP contribution in [-0.4, -0.2) is 12.1 Å². The highest BCUT2D eigenvalue weighted by Crippen LogP contribution is 2.66. The normalized spacial score (nSPS) is 35.4. The third-order valence-electron chi connectivity index (χ3n) is 6.08. The molecule has 2 saturated carbocycles. The molecule has 0 aromatic carbocycles. The van der Waals surface area contributed by atoms with Crippen LogP contribution in [0, 0.1) is 16.7 Å². The first-order valence-corrected chi connectivity index (χ1v) is 7.71. The minimum Gasteiger partial charge on any atom is -0.458 e. The first-order chi connectivity index (χ1) is 8.83. The molecule has 2 bridgehead atoms. The Morgan fingerprint density at radius 1 is 1.37 bits per heavy atom. The second-order valence-electron chi connectivity index (χ2n) is 7.21. The number of hydrogen-bond acceptors (Lipinski definition) is 2. The smallest absolute Gasteiger partial charge is 0.333 e. The zero-order valence-electron chi connectivity index (χ0n) is 12.9. The largest absolute Gasteiger partial charge is 0.458 e. The Kier molecular flexibility index (Phi) is 3.81. The number of esters is 1. The van der Waals surface area contributed by atoms with Gasteiger partial charge in [-0.3, -0.25) is 0 Å². The number of carbonyl (C=O) groups is 1. The van der Waals surface area contributed by atoms with Gasteiger partial charge in [-0.2, -0.15) is 0 Å². The summed E-state index contributed by atoms with van der Waals surface area (Å²) >= 11 is 0. The van der Waals surface area contributed by atoms with Crippen LogP contribution in [0.5, 0.6) is 0 Å². The minimum absolute atomic E-state index is 0.0899. The molecule has 2 heteroatoms. The molecular formula is C17H28O2. The molecule has 19 heavy (non-hydrogen) atoms. The van der Waals surface area contributed by atoms with E-state index in [4.69, 9.17) is 4.74 Å². The summed E-state index contributed by atoms with van der Waals surface area (Å²) in [6, 6.07) is 0. The highest BCUT2D eigenvalue weighted by molar-refractivity contribution is 5.87. The monoisotopic (exact) mass is 264 g/mol. The van der Waals surface area contributed by atoms with E-state index in [0.29, 0.717) is 16.9 Å². The van der Waals surface area contributed by atoms with Crippen molar-refractivity contribution in [2.45, 2.75) is 72.3 Å². The van der Waals surface area contributed by atoms with Gasteiger partial charge in [0.05, 0.1) is 0 Å². The summed E-state index contributed by atoms with van der Waals surface area (Å²) in [7, 11) is 0. The maximum Gasteiger partial charge on any atom is 0.333 e. The van der Waals surface area contributed by atoms with E-state index in [1.807, 2.05) is 0 Å². The van der Waals surface area contributed by atoms with Gasteiger partial charge < -0.3 is 4.74 Å². The molecule has 0 N–H and O–H groups in total. The number of rotatable bonds is 5. The second kappa shape index (κ2) is 4.96. The summed E-state index contributed by atoms with van der Waals surface area (Å²) in [5, 5.41) is 0. The summed E-state index contributed by atoms with van der Waals surface area (Å²) in [5.41, 5.74) is 1.09. The number of carbonyl (C=O) groups excluding carboxylic acids is 1. The number of fused-ring (bicyclic) bond motifs is 2. The lowest BCUT2D eigenvalue weighted by Gasteiger charge is -2.38. The molecule has 2 nitrogen and oxygen atoms in total. The first kappa shape index (κ1) is 14.6. The molecular weight excluding hydrogens is 236 g/mol. The van der Waals surface area contributed by atoms with Gasteiger partial charge in [0.25, 0.3) is 0 Å². The van der Waals surface area contributed by atoms with Crippen molar-refractivity contribution in [3.63, 3.8) is 0 Å². The lowest BCUT2D eigenvalue weighted by Crippen LogP contribution is -2.38. The van der Waals surface area contributed by atoms with Gasteiger partial charge >= 0.3 is 5.97 Å². The maximum absolute atomic E-state index is 12.1. The lowest BCUT2D eigenvalue weighted by molar-refractivity contribution is -0.152. The fraction of sp³-hybridized carbons (Fsp3) is 0.824. The van der Waals surface area contributed by atoms with Crippen LogP contribution in [-0.2, 0) is 9.53 Å². The van der Waals surface area contributed by atoms with Gasteiger partial charge in [0.1, 0.15) is 6.10 Å². The van der Waals surface area contributed by atoms with Gasteiger partial charge in [-0.15, -0.1) is 0 Å². The molecule has 0 spiro atoms. The lowest BCUT2D eigenvalue weighted by atomic mass is 9.70. The SMILES string of the molecule is C=C(CCCC)C(=O)OC1C[C@H]2CC[C@@]1(C)C2(C)C. The number of ether oxygens (including phenoxy) is 1. The topological polar surface area (TPSA) is 26.3 Å². The highest BCUT2D eigenvalue weighted by Gasteiger charge is 2.62. The number of unbranched alkanes of at least 4 members (excludes halogenated alkanes) is 1. The molecule has 0 amide bonds. The van der Waals surface area contributed by atoms with Crippen LogP contribution in [0.3, 0.4) is 0 Å². The predicted molar refractivity (Wildman–Crippen MR) is 77.8 cm³/mol. The molecule has 2 rings (SSSR count). The van der Waals surface area contributed by atoms with Crippen LogP contribution in [0.25, 0.3) is 0 Å². The van der Waals surface area contributed by atoms with Crippen LogP contribution in [0.4, 0.5) is 0 Å². The van der Waals surface area contributed by atoms with Gasteiger partial charge in [0, 0.05) is 11.0 Å². The van der Waals surface area contributed by atoms with Crippen molar-refractivity contribution in [3.8, 4) is 0 Å². The van der Waals surface area contributed by atoms with Gasteiger partial charge in [0.15, 0.2) is 0 Å². The predicted octanol–water partition coefficient (Wildman–Crippen LogP) is 4.49. The van der Waals surface area contributed by atoms with E-state index < -0.39 is 0 Å². The summed E-state index contributed by atoms with van der Waals surface area (Å²) in [6.45, 7) is 13.0. The Balaban J connectivity index is 1.98. The molecule has 1 unspecified atom stereocenters. The van der Waals surface area contributed by atoms with E-state index in [1.165, 1.54) is 12.8 Å². The Morgan fingerprint density at radius 2 is 2.05 bits per heavy atom. The Labute approximate surface area is 117 Å². The summed E-state index contributed by atoms with van der Waals surface area (Å²) < 4.78 is 5.80. The molecule has 2 fully saturated rings. The highest BCUT2D eigenvalue weighted by atomic mass is 16.5. The number of hydrogen-bond donors (Lipinski definition) is 0. The van der Waals surface area contributed by atoms with E-state index >= 15 is 0 Å². The fourth-order valence-corrected chi connectivity index (χ4v) is 4.01. The van der Waals surface area contributed by atoms with Crippen LogP contribution < -0.4 is 0 Å². The molecule has 0 heterocycles. The van der Waals surface area contributed by atoms with E-state index in [1.54, 1.807) is 0 Å². The van der Waals surface area contributed by atoms with Crippen LogP contribution in [0.1, 0.15) is 66.2 Å². The van der Waals surface area contributed by atoms with Gasteiger partial charge in [-0.25, -0.2) is 4.79 Å². The van der Waals surface area contributed by atoms with Crippen molar-refractivity contribution in [2.75, 3.05) is 0 Å². The maximum atomic E-state index is 12.1. The Hall–Kier alpha value is -0.790. The summed E-state index contributed by atoms with van der Waals surface area (Å²) in [4.78, 5) is 12.1. The van der Waals surface area contributed by atoms with Crippen molar-refractivity contribution >= 4 is 5.97 Å².